The van der Waals surface area contributed by atoms with Crippen LogP contribution in [0.4, 0.5) is 5.95 Å². The largest absolute Gasteiger partial charge is 0.474 e. The maximum absolute atomic E-state index is 6.16. The van der Waals surface area contributed by atoms with Gasteiger partial charge in [0.05, 0.1) is 5.39 Å². The van der Waals surface area contributed by atoms with Gasteiger partial charge in [0.25, 0.3) is 0 Å². The number of nitrogens with zero attached hydrogens (tertiary/aromatic N) is 2. The molecule has 2 aromatic rings. The van der Waals surface area contributed by atoms with Gasteiger partial charge in [-0.1, -0.05) is 13.8 Å². The van der Waals surface area contributed by atoms with E-state index in [9.17, 15) is 0 Å². The molecule has 2 aromatic heterocycles. The van der Waals surface area contributed by atoms with E-state index < -0.39 is 0 Å². The summed E-state index contributed by atoms with van der Waals surface area (Å²) < 4.78 is 6.16. The smallest absolute Gasteiger partial charge is 0.227 e. The highest BCUT2D eigenvalue weighted by molar-refractivity contribution is 7.18. The predicted octanol–water partition coefficient (Wildman–Crippen LogP) is 3.79. The fourth-order valence-corrected chi connectivity index (χ4v) is 3.76. The second kappa shape index (κ2) is 5.20. The standard InChI is InChI=1S/C15H21N3OS/c1-8-4-5-11(6-9(8)2)19-13-12-7-10(3)20-14(12)18-15(16)17-13/h7-9,11H,4-6H2,1-3H3,(H2,16,17,18). The molecule has 3 rings (SSSR count). The van der Waals surface area contributed by atoms with Crippen molar-refractivity contribution in [3.05, 3.63) is 10.9 Å². The lowest BCUT2D eigenvalue weighted by molar-refractivity contribution is 0.0980. The highest BCUT2D eigenvalue weighted by Gasteiger charge is 2.26. The van der Waals surface area contributed by atoms with Gasteiger partial charge < -0.3 is 10.5 Å². The molecule has 1 saturated carbocycles. The van der Waals surface area contributed by atoms with E-state index in [-0.39, 0.29) is 6.10 Å². The van der Waals surface area contributed by atoms with Gasteiger partial charge in [0.15, 0.2) is 0 Å². The SMILES string of the molecule is Cc1cc2c(OC3CCC(C)C(C)C3)nc(N)nc2s1. The zero-order chi connectivity index (χ0) is 14.3. The molecule has 0 spiro atoms. The minimum Gasteiger partial charge on any atom is -0.474 e. The third-order valence-corrected chi connectivity index (χ3v) is 5.27. The molecule has 0 amide bonds. The van der Waals surface area contributed by atoms with Crippen molar-refractivity contribution in [2.24, 2.45) is 11.8 Å². The number of nitrogen functional groups attached to an aromatic ring is 1. The fraction of sp³-hybridized carbons (Fsp3) is 0.600. The lowest BCUT2D eigenvalue weighted by Gasteiger charge is -2.32. The molecular weight excluding hydrogens is 270 g/mol. The lowest BCUT2D eigenvalue weighted by Crippen LogP contribution is -2.29. The van der Waals surface area contributed by atoms with Crippen molar-refractivity contribution < 1.29 is 4.74 Å². The Hall–Kier alpha value is -1.36. The van der Waals surface area contributed by atoms with E-state index >= 15 is 0 Å². The van der Waals surface area contributed by atoms with Crippen molar-refractivity contribution in [3.8, 4) is 5.88 Å². The zero-order valence-electron chi connectivity index (χ0n) is 12.2. The average Bonchev–Trinajstić information content (AvgIpc) is 2.74. The molecule has 4 nitrogen and oxygen atoms in total. The van der Waals surface area contributed by atoms with Crippen LogP contribution in [0, 0.1) is 18.8 Å². The number of aromatic nitrogens is 2. The van der Waals surface area contributed by atoms with Crippen molar-refractivity contribution in [2.75, 3.05) is 5.73 Å². The van der Waals surface area contributed by atoms with E-state index in [1.165, 1.54) is 11.3 Å². The molecule has 0 aliphatic heterocycles. The number of nitrogens with two attached hydrogens (primary N) is 1. The topological polar surface area (TPSA) is 61.0 Å². The van der Waals surface area contributed by atoms with Crippen molar-refractivity contribution in [1.29, 1.82) is 0 Å². The Morgan fingerprint density at radius 2 is 2.05 bits per heavy atom. The summed E-state index contributed by atoms with van der Waals surface area (Å²) in [7, 11) is 0. The molecule has 5 heteroatoms. The number of thiophene rings is 1. The number of anilines is 1. The Labute approximate surface area is 123 Å². The summed E-state index contributed by atoms with van der Waals surface area (Å²) in [5.41, 5.74) is 5.79. The Balaban J connectivity index is 1.87. The summed E-state index contributed by atoms with van der Waals surface area (Å²) in [6.45, 7) is 6.69. The number of aryl methyl sites for hydroxylation is 1. The van der Waals surface area contributed by atoms with Crippen LogP contribution < -0.4 is 10.5 Å². The van der Waals surface area contributed by atoms with Gasteiger partial charge in [-0.3, -0.25) is 0 Å². The van der Waals surface area contributed by atoms with E-state index in [1.54, 1.807) is 11.3 Å². The number of hydrogen-bond acceptors (Lipinski definition) is 5. The zero-order valence-corrected chi connectivity index (χ0v) is 13.0. The van der Waals surface area contributed by atoms with E-state index in [0.29, 0.717) is 17.7 Å². The molecule has 2 heterocycles. The average molecular weight is 291 g/mol. The molecule has 0 radical (unpaired) electrons. The van der Waals surface area contributed by atoms with Gasteiger partial charge in [0, 0.05) is 4.88 Å². The number of fused-ring (bicyclic) bond motifs is 1. The first-order valence-corrected chi connectivity index (χ1v) is 8.05. The number of ether oxygens (including phenoxy) is 1. The first-order chi connectivity index (χ1) is 9.52. The molecule has 0 aromatic carbocycles. The number of hydrogen-bond donors (Lipinski definition) is 1. The van der Waals surface area contributed by atoms with E-state index in [2.05, 4.69) is 36.8 Å². The molecule has 3 unspecified atom stereocenters. The molecule has 0 bridgehead atoms. The summed E-state index contributed by atoms with van der Waals surface area (Å²) in [6.07, 6.45) is 3.66. The van der Waals surface area contributed by atoms with Crippen molar-refractivity contribution >= 4 is 27.5 Å². The van der Waals surface area contributed by atoms with Crippen LogP contribution in [0.25, 0.3) is 10.2 Å². The van der Waals surface area contributed by atoms with Crippen molar-refractivity contribution in [1.82, 2.24) is 9.97 Å². The van der Waals surface area contributed by atoms with Gasteiger partial charge in [0.2, 0.25) is 11.8 Å². The first kappa shape index (κ1) is 13.6. The van der Waals surface area contributed by atoms with E-state index in [4.69, 9.17) is 10.5 Å². The monoisotopic (exact) mass is 291 g/mol. The van der Waals surface area contributed by atoms with Crippen LogP contribution in [-0.2, 0) is 0 Å². The van der Waals surface area contributed by atoms with Gasteiger partial charge in [-0.15, -0.1) is 11.3 Å². The van der Waals surface area contributed by atoms with Crippen molar-refractivity contribution in [3.63, 3.8) is 0 Å². The normalized spacial score (nSPS) is 26.9. The Kier molecular flexibility index (Phi) is 3.54. The van der Waals surface area contributed by atoms with E-state index in [1.807, 2.05) is 0 Å². The van der Waals surface area contributed by atoms with Gasteiger partial charge in [-0.05, 0) is 44.1 Å². The molecule has 3 atom stereocenters. The van der Waals surface area contributed by atoms with Gasteiger partial charge >= 0.3 is 0 Å². The second-order valence-electron chi connectivity index (χ2n) is 5.97. The van der Waals surface area contributed by atoms with Crippen LogP contribution in [-0.4, -0.2) is 16.1 Å². The van der Waals surface area contributed by atoms with Gasteiger partial charge in [-0.2, -0.15) is 4.98 Å². The summed E-state index contributed by atoms with van der Waals surface area (Å²) in [4.78, 5) is 10.7. The second-order valence-corrected chi connectivity index (χ2v) is 7.21. The van der Waals surface area contributed by atoms with Gasteiger partial charge in [0.1, 0.15) is 10.9 Å². The molecule has 1 aliphatic rings. The molecule has 0 saturated heterocycles. The first-order valence-electron chi connectivity index (χ1n) is 7.23. The third kappa shape index (κ3) is 2.59. The van der Waals surface area contributed by atoms with Crippen LogP contribution in [0.3, 0.4) is 0 Å². The van der Waals surface area contributed by atoms with Crippen molar-refractivity contribution in [2.45, 2.75) is 46.1 Å². The molecular formula is C15H21N3OS. The lowest BCUT2D eigenvalue weighted by atomic mass is 9.80. The highest BCUT2D eigenvalue weighted by Crippen LogP contribution is 2.35. The summed E-state index contributed by atoms with van der Waals surface area (Å²) in [5, 5.41) is 0.993. The van der Waals surface area contributed by atoms with Crippen LogP contribution in [0.2, 0.25) is 0 Å². The highest BCUT2D eigenvalue weighted by atomic mass is 32.1. The minimum atomic E-state index is 0.249. The van der Waals surface area contributed by atoms with Crippen LogP contribution >= 0.6 is 11.3 Å². The molecule has 1 fully saturated rings. The summed E-state index contributed by atoms with van der Waals surface area (Å²) >= 11 is 1.63. The minimum absolute atomic E-state index is 0.249. The van der Waals surface area contributed by atoms with Gasteiger partial charge in [-0.25, -0.2) is 4.98 Å². The molecule has 1 aliphatic carbocycles. The molecule has 2 N–H and O–H groups in total. The van der Waals surface area contributed by atoms with Crippen LogP contribution in [0.1, 0.15) is 38.0 Å². The number of rotatable bonds is 2. The van der Waals surface area contributed by atoms with Crippen LogP contribution in [0.15, 0.2) is 6.07 Å². The maximum Gasteiger partial charge on any atom is 0.227 e. The fourth-order valence-electron chi connectivity index (χ4n) is 2.88. The predicted molar refractivity (Wildman–Crippen MR) is 83.2 cm³/mol. The third-order valence-electron chi connectivity index (χ3n) is 4.33. The Bertz CT molecular complexity index is 625. The van der Waals surface area contributed by atoms with E-state index in [0.717, 1.165) is 29.0 Å². The maximum atomic E-state index is 6.16. The molecule has 108 valence electrons. The van der Waals surface area contributed by atoms with Crippen LogP contribution in [0.5, 0.6) is 5.88 Å². The Morgan fingerprint density at radius 3 is 2.80 bits per heavy atom. The summed E-state index contributed by atoms with van der Waals surface area (Å²) in [5.74, 6) is 2.44. The summed E-state index contributed by atoms with van der Waals surface area (Å²) in [6, 6.07) is 2.09. The quantitative estimate of drug-likeness (QED) is 0.914. The Morgan fingerprint density at radius 1 is 1.25 bits per heavy atom. The molecule has 20 heavy (non-hydrogen) atoms.